The van der Waals surface area contributed by atoms with Gasteiger partial charge in [0.25, 0.3) is 0 Å². The maximum absolute atomic E-state index is 12.2. The second kappa shape index (κ2) is 4.84. The van der Waals surface area contributed by atoms with Gasteiger partial charge in [-0.15, -0.1) is 0 Å². The van der Waals surface area contributed by atoms with Crippen LogP contribution >= 0.6 is 0 Å². The van der Waals surface area contributed by atoms with Gasteiger partial charge in [0.1, 0.15) is 10.6 Å². The van der Waals surface area contributed by atoms with Gasteiger partial charge in [0.15, 0.2) is 9.84 Å². The first-order valence-corrected chi connectivity index (χ1v) is 6.58. The molecular formula is C11H17NO3S. The van der Waals surface area contributed by atoms with Crippen molar-refractivity contribution in [1.82, 2.24) is 0 Å². The van der Waals surface area contributed by atoms with E-state index in [2.05, 4.69) is 0 Å². The second-order valence-corrected chi connectivity index (χ2v) is 6.03. The number of para-hydroxylation sites is 1. The molecule has 1 aromatic carbocycles. The van der Waals surface area contributed by atoms with Gasteiger partial charge in [0.2, 0.25) is 0 Å². The molecule has 0 heterocycles. The normalized spacial score (nSPS) is 15.5. The third kappa shape index (κ3) is 2.36. The Morgan fingerprint density at radius 1 is 1.25 bits per heavy atom. The summed E-state index contributed by atoms with van der Waals surface area (Å²) in [6.45, 7) is 3.28. The molecule has 2 atom stereocenters. The van der Waals surface area contributed by atoms with Crippen LogP contribution in [-0.4, -0.2) is 26.8 Å². The van der Waals surface area contributed by atoms with Crippen molar-refractivity contribution < 1.29 is 13.2 Å². The lowest BCUT2D eigenvalue weighted by Crippen LogP contribution is -2.35. The Morgan fingerprint density at radius 3 is 2.31 bits per heavy atom. The topological polar surface area (TPSA) is 69.4 Å². The van der Waals surface area contributed by atoms with E-state index in [9.17, 15) is 8.42 Å². The second-order valence-electron chi connectivity index (χ2n) is 3.76. The standard InChI is InChI=1S/C11H17NO3S/c1-8(12)9(2)16(13,14)11-7-5-4-6-10(11)15-3/h4-9H,12H2,1-3H3. The Kier molecular flexibility index (Phi) is 3.93. The molecule has 4 nitrogen and oxygen atoms in total. The summed E-state index contributed by atoms with van der Waals surface area (Å²) in [5.74, 6) is 0.356. The minimum Gasteiger partial charge on any atom is -0.495 e. The fraction of sp³-hybridized carbons (Fsp3) is 0.455. The van der Waals surface area contributed by atoms with E-state index in [1.54, 1.807) is 32.0 Å². The molecule has 0 aliphatic heterocycles. The molecule has 0 saturated heterocycles. The van der Waals surface area contributed by atoms with E-state index in [-0.39, 0.29) is 4.90 Å². The largest absolute Gasteiger partial charge is 0.495 e. The van der Waals surface area contributed by atoms with Crippen molar-refractivity contribution in [2.45, 2.75) is 30.0 Å². The van der Waals surface area contributed by atoms with E-state index in [0.29, 0.717) is 5.75 Å². The Bertz CT molecular complexity index is 454. The van der Waals surface area contributed by atoms with Gasteiger partial charge in [0, 0.05) is 6.04 Å². The molecular weight excluding hydrogens is 226 g/mol. The van der Waals surface area contributed by atoms with Gasteiger partial charge in [0.05, 0.1) is 12.4 Å². The molecule has 0 aliphatic rings. The van der Waals surface area contributed by atoms with Crippen molar-refractivity contribution in [2.75, 3.05) is 7.11 Å². The number of ether oxygens (including phenoxy) is 1. The number of nitrogens with two attached hydrogens (primary N) is 1. The van der Waals surface area contributed by atoms with E-state index in [1.165, 1.54) is 13.2 Å². The number of hydrogen-bond donors (Lipinski definition) is 1. The van der Waals surface area contributed by atoms with E-state index < -0.39 is 21.1 Å². The fourth-order valence-electron chi connectivity index (χ4n) is 1.34. The number of benzene rings is 1. The lowest BCUT2D eigenvalue weighted by molar-refractivity contribution is 0.402. The Hall–Kier alpha value is -1.07. The van der Waals surface area contributed by atoms with E-state index in [1.807, 2.05) is 0 Å². The molecule has 5 heteroatoms. The fourth-order valence-corrected chi connectivity index (χ4v) is 3.00. The molecule has 2 N–H and O–H groups in total. The molecule has 16 heavy (non-hydrogen) atoms. The van der Waals surface area contributed by atoms with Crippen LogP contribution < -0.4 is 10.5 Å². The summed E-state index contributed by atoms with van der Waals surface area (Å²) in [7, 11) is -1.98. The van der Waals surface area contributed by atoms with Crippen molar-refractivity contribution in [3.8, 4) is 5.75 Å². The molecule has 0 aromatic heterocycles. The highest BCUT2D eigenvalue weighted by Gasteiger charge is 2.28. The molecule has 0 aliphatic carbocycles. The van der Waals surface area contributed by atoms with Crippen molar-refractivity contribution in [3.63, 3.8) is 0 Å². The molecule has 0 bridgehead atoms. The third-order valence-electron chi connectivity index (χ3n) is 2.61. The lowest BCUT2D eigenvalue weighted by Gasteiger charge is -2.18. The Labute approximate surface area is 96.3 Å². The van der Waals surface area contributed by atoms with Gasteiger partial charge in [-0.25, -0.2) is 8.42 Å². The smallest absolute Gasteiger partial charge is 0.186 e. The summed E-state index contributed by atoms with van der Waals surface area (Å²) in [6.07, 6.45) is 0. The van der Waals surface area contributed by atoms with Crippen LogP contribution in [0, 0.1) is 0 Å². The summed E-state index contributed by atoms with van der Waals surface area (Å²) >= 11 is 0. The van der Waals surface area contributed by atoms with Crippen LogP contribution in [0.2, 0.25) is 0 Å². The average molecular weight is 243 g/mol. The van der Waals surface area contributed by atoms with Crippen LogP contribution in [0.4, 0.5) is 0 Å². The first-order valence-electron chi connectivity index (χ1n) is 5.03. The molecule has 2 unspecified atom stereocenters. The van der Waals surface area contributed by atoms with Gasteiger partial charge in [-0.1, -0.05) is 12.1 Å². The van der Waals surface area contributed by atoms with E-state index in [4.69, 9.17) is 10.5 Å². The molecule has 90 valence electrons. The van der Waals surface area contributed by atoms with Crippen molar-refractivity contribution in [1.29, 1.82) is 0 Å². The maximum Gasteiger partial charge on any atom is 0.186 e. The summed E-state index contributed by atoms with van der Waals surface area (Å²) in [6, 6.07) is 6.14. The highest BCUT2D eigenvalue weighted by atomic mass is 32.2. The van der Waals surface area contributed by atoms with Gasteiger partial charge in [-0.3, -0.25) is 0 Å². The van der Waals surface area contributed by atoms with Gasteiger partial charge < -0.3 is 10.5 Å². The van der Waals surface area contributed by atoms with Crippen LogP contribution in [0.5, 0.6) is 5.75 Å². The number of hydrogen-bond acceptors (Lipinski definition) is 4. The predicted molar refractivity (Wildman–Crippen MR) is 63.3 cm³/mol. The molecule has 1 aromatic rings. The van der Waals surface area contributed by atoms with Crippen LogP contribution in [0.1, 0.15) is 13.8 Å². The summed E-state index contributed by atoms with van der Waals surface area (Å²) in [5.41, 5.74) is 5.63. The highest BCUT2D eigenvalue weighted by molar-refractivity contribution is 7.92. The number of rotatable bonds is 4. The molecule has 0 fully saturated rings. The Balaban J connectivity index is 3.27. The predicted octanol–water partition coefficient (Wildman–Crippen LogP) is 1.20. The average Bonchev–Trinajstić information content (AvgIpc) is 2.27. The summed E-state index contributed by atoms with van der Waals surface area (Å²) in [5, 5.41) is -0.635. The number of sulfone groups is 1. The zero-order valence-electron chi connectivity index (χ0n) is 9.67. The minimum absolute atomic E-state index is 0.197. The van der Waals surface area contributed by atoms with Crippen LogP contribution in [0.15, 0.2) is 29.2 Å². The number of methoxy groups -OCH3 is 1. The summed E-state index contributed by atoms with van der Waals surface area (Å²) < 4.78 is 29.4. The van der Waals surface area contributed by atoms with Crippen molar-refractivity contribution >= 4 is 9.84 Å². The van der Waals surface area contributed by atoms with Crippen molar-refractivity contribution in [3.05, 3.63) is 24.3 Å². The molecule has 1 rings (SSSR count). The van der Waals surface area contributed by atoms with E-state index >= 15 is 0 Å². The van der Waals surface area contributed by atoms with Crippen LogP contribution in [0.25, 0.3) is 0 Å². The van der Waals surface area contributed by atoms with Gasteiger partial charge in [-0.05, 0) is 26.0 Å². The lowest BCUT2D eigenvalue weighted by atomic mass is 10.3. The van der Waals surface area contributed by atoms with E-state index in [0.717, 1.165) is 0 Å². The Morgan fingerprint density at radius 2 is 1.81 bits per heavy atom. The minimum atomic E-state index is -3.43. The highest BCUT2D eigenvalue weighted by Crippen LogP contribution is 2.27. The first-order chi connectivity index (χ1) is 7.41. The van der Waals surface area contributed by atoms with Gasteiger partial charge in [-0.2, -0.15) is 0 Å². The quantitative estimate of drug-likeness (QED) is 0.862. The first kappa shape index (κ1) is 13.0. The molecule has 0 saturated carbocycles. The zero-order chi connectivity index (χ0) is 12.3. The monoisotopic (exact) mass is 243 g/mol. The van der Waals surface area contributed by atoms with Gasteiger partial charge >= 0.3 is 0 Å². The molecule has 0 radical (unpaired) electrons. The van der Waals surface area contributed by atoms with Crippen molar-refractivity contribution in [2.24, 2.45) is 5.73 Å². The maximum atomic E-state index is 12.2. The summed E-state index contributed by atoms with van der Waals surface area (Å²) in [4.78, 5) is 0.197. The third-order valence-corrected chi connectivity index (χ3v) is 4.96. The van der Waals surface area contributed by atoms with Crippen LogP contribution in [0.3, 0.4) is 0 Å². The SMILES string of the molecule is COc1ccccc1S(=O)(=O)C(C)C(C)N. The van der Waals surface area contributed by atoms with Crippen LogP contribution in [-0.2, 0) is 9.84 Å². The zero-order valence-corrected chi connectivity index (χ0v) is 10.5. The molecule has 0 amide bonds. The molecule has 0 spiro atoms.